The van der Waals surface area contributed by atoms with Gasteiger partial charge in [0.1, 0.15) is 5.75 Å². The van der Waals surface area contributed by atoms with Crippen LogP contribution in [0.3, 0.4) is 0 Å². The average molecular weight is 241 g/mol. The van der Waals surface area contributed by atoms with Crippen LogP contribution in [0, 0.1) is 18.8 Å². The summed E-state index contributed by atoms with van der Waals surface area (Å²) < 4.78 is 5.24. The lowest BCUT2D eigenvalue weighted by Gasteiger charge is -2.22. The lowest BCUT2D eigenvalue weighted by Crippen LogP contribution is -2.11. The maximum Gasteiger partial charge on any atom is 0.121 e. The molecule has 1 aromatic rings. The molecule has 0 amide bonds. The molecule has 0 saturated heterocycles. The van der Waals surface area contributed by atoms with E-state index in [1.165, 1.54) is 5.56 Å². The van der Waals surface area contributed by atoms with Crippen molar-refractivity contribution in [3.8, 4) is 5.75 Å². The number of hydrogen-bond donors (Lipinski definition) is 0. The molecule has 0 bridgehead atoms. The van der Waals surface area contributed by atoms with Gasteiger partial charge in [-0.2, -0.15) is 0 Å². The number of rotatable bonds is 4. The van der Waals surface area contributed by atoms with Crippen LogP contribution in [-0.4, -0.2) is 7.11 Å². The van der Waals surface area contributed by atoms with Gasteiger partial charge in [-0.1, -0.05) is 32.9 Å². The first-order chi connectivity index (χ1) is 7.47. The minimum Gasteiger partial charge on any atom is -0.496 e. The number of hydrogen-bond acceptors (Lipinski definition) is 1. The highest BCUT2D eigenvalue weighted by molar-refractivity contribution is 6.21. The molecule has 1 aromatic carbocycles. The number of halogens is 1. The van der Waals surface area contributed by atoms with Crippen LogP contribution in [-0.2, 0) is 0 Å². The Kier molecular flexibility index (Phi) is 4.67. The second-order valence-corrected chi connectivity index (χ2v) is 5.20. The molecule has 0 radical (unpaired) electrons. The van der Waals surface area contributed by atoms with E-state index in [9.17, 15) is 0 Å². The summed E-state index contributed by atoms with van der Waals surface area (Å²) in [5, 5.41) is 0.0737. The number of benzene rings is 1. The zero-order valence-corrected chi connectivity index (χ0v) is 11.5. The molecule has 0 spiro atoms. The van der Waals surface area contributed by atoms with E-state index in [2.05, 4.69) is 32.9 Å². The Hall–Kier alpha value is -0.690. The van der Waals surface area contributed by atoms with Crippen LogP contribution in [0.15, 0.2) is 18.2 Å². The fourth-order valence-corrected chi connectivity index (χ4v) is 2.14. The lowest BCUT2D eigenvalue weighted by atomic mass is 9.90. The Morgan fingerprint density at radius 3 is 2.25 bits per heavy atom. The SMILES string of the molecule is COc1ccc(C(Cl)C(C)C(C)C)cc1C. The van der Waals surface area contributed by atoms with E-state index < -0.39 is 0 Å². The summed E-state index contributed by atoms with van der Waals surface area (Å²) in [7, 11) is 1.69. The molecular weight excluding hydrogens is 220 g/mol. The Labute approximate surface area is 104 Å². The van der Waals surface area contributed by atoms with Crippen molar-refractivity contribution >= 4 is 11.6 Å². The Morgan fingerprint density at radius 1 is 1.19 bits per heavy atom. The second-order valence-electron chi connectivity index (χ2n) is 4.73. The molecule has 1 nitrogen and oxygen atoms in total. The van der Waals surface area contributed by atoms with Gasteiger partial charge in [0.05, 0.1) is 12.5 Å². The monoisotopic (exact) mass is 240 g/mol. The maximum atomic E-state index is 6.48. The zero-order chi connectivity index (χ0) is 12.3. The average Bonchev–Trinajstić information content (AvgIpc) is 2.26. The summed E-state index contributed by atoms with van der Waals surface area (Å²) >= 11 is 6.48. The van der Waals surface area contributed by atoms with Crippen LogP contribution in [0.4, 0.5) is 0 Å². The van der Waals surface area contributed by atoms with Crippen molar-refractivity contribution in [1.82, 2.24) is 0 Å². The van der Waals surface area contributed by atoms with Crippen LogP contribution >= 0.6 is 11.6 Å². The van der Waals surface area contributed by atoms with E-state index >= 15 is 0 Å². The van der Waals surface area contributed by atoms with E-state index in [1.54, 1.807) is 7.11 Å². The van der Waals surface area contributed by atoms with Gasteiger partial charge in [-0.3, -0.25) is 0 Å². The molecule has 2 unspecified atom stereocenters. The molecule has 90 valence electrons. The third-order valence-corrected chi connectivity index (χ3v) is 3.90. The predicted octanol–water partition coefficient (Wildman–Crippen LogP) is 4.58. The number of alkyl halides is 1. The van der Waals surface area contributed by atoms with Crippen molar-refractivity contribution in [3.63, 3.8) is 0 Å². The van der Waals surface area contributed by atoms with Crippen molar-refractivity contribution in [1.29, 1.82) is 0 Å². The fraction of sp³-hybridized carbons (Fsp3) is 0.571. The van der Waals surface area contributed by atoms with Crippen LogP contribution in [0.25, 0.3) is 0 Å². The highest BCUT2D eigenvalue weighted by Crippen LogP contribution is 2.35. The number of methoxy groups -OCH3 is 1. The van der Waals surface area contributed by atoms with Crippen molar-refractivity contribution in [3.05, 3.63) is 29.3 Å². The molecule has 0 N–H and O–H groups in total. The maximum absolute atomic E-state index is 6.48. The van der Waals surface area contributed by atoms with E-state index in [0.717, 1.165) is 11.3 Å². The minimum absolute atomic E-state index is 0.0737. The molecule has 0 heterocycles. The van der Waals surface area contributed by atoms with Gasteiger partial charge in [0, 0.05) is 0 Å². The molecule has 1 rings (SSSR count). The number of ether oxygens (including phenoxy) is 1. The smallest absolute Gasteiger partial charge is 0.121 e. The van der Waals surface area contributed by atoms with Gasteiger partial charge < -0.3 is 4.74 Å². The minimum atomic E-state index is 0.0737. The van der Waals surface area contributed by atoms with E-state index in [0.29, 0.717) is 11.8 Å². The molecule has 0 aliphatic heterocycles. The first-order valence-corrected chi connectivity index (χ1v) is 6.19. The first-order valence-electron chi connectivity index (χ1n) is 5.76. The molecule has 2 heteroatoms. The topological polar surface area (TPSA) is 9.23 Å². The summed E-state index contributed by atoms with van der Waals surface area (Å²) in [6.45, 7) is 8.65. The highest BCUT2D eigenvalue weighted by atomic mass is 35.5. The van der Waals surface area contributed by atoms with Crippen LogP contribution in [0.2, 0.25) is 0 Å². The van der Waals surface area contributed by atoms with Gasteiger partial charge in [0.2, 0.25) is 0 Å². The standard InChI is InChI=1S/C14H21ClO/c1-9(2)11(4)14(15)12-6-7-13(16-5)10(3)8-12/h6-9,11,14H,1-5H3. The molecular formula is C14H21ClO. The quantitative estimate of drug-likeness (QED) is 0.701. The second kappa shape index (κ2) is 5.58. The van der Waals surface area contributed by atoms with Gasteiger partial charge in [0.25, 0.3) is 0 Å². The molecule has 16 heavy (non-hydrogen) atoms. The van der Waals surface area contributed by atoms with Gasteiger partial charge in [-0.05, 0) is 36.0 Å². The van der Waals surface area contributed by atoms with Gasteiger partial charge in [-0.15, -0.1) is 11.6 Å². The van der Waals surface area contributed by atoms with E-state index in [4.69, 9.17) is 16.3 Å². The summed E-state index contributed by atoms with van der Waals surface area (Å²) in [6, 6.07) is 6.17. The van der Waals surface area contributed by atoms with Crippen molar-refractivity contribution in [2.24, 2.45) is 11.8 Å². The van der Waals surface area contributed by atoms with Crippen molar-refractivity contribution in [2.75, 3.05) is 7.11 Å². The molecule has 0 aromatic heterocycles. The molecule has 0 saturated carbocycles. The Morgan fingerprint density at radius 2 is 1.81 bits per heavy atom. The normalized spacial score (nSPS) is 14.9. The molecule has 0 aliphatic rings. The molecule has 2 atom stereocenters. The van der Waals surface area contributed by atoms with Gasteiger partial charge in [-0.25, -0.2) is 0 Å². The summed E-state index contributed by atoms with van der Waals surface area (Å²) in [5.74, 6) is 1.98. The van der Waals surface area contributed by atoms with E-state index in [1.807, 2.05) is 13.0 Å². The third-order valence-electron chi connectivity index (χ3n) is 3.25. The van der Waals surface area contributed by atoms with Gasteiger partial charge >= 0.3 is 0 Å². The summed E-state index contributed by atoms with van der Waals surface area (Å²) in [6.07, 6.45) is 0. The van der Waals surface area contributed by atoms with E-state index in [-0.39, 0.29) is 5.38 Å². The summed E-state index contributed by atoms with van der Waals surface area (Å²) in [4.78, 5) is 0. The number of aryl methyl sites for hydroxylation is 1. The van der Waals surface area contributed by atoms with Crippen LogP contribution < -0.4 is 4.74 Å². The first kappa shape index (κ1) is 13.4. The highest BCUT2D eigenvalue weighted by Gasteiger charge is 2.20. The largest absolute Gasteiger partial charge is 0.496 e. The summed E-state index contributed by atoms with van der Waals surface area (Å²) in [5.41, 5.74) is 2.32. The van der Waals surface area contributed by atoms with Crippen LogP contribution in [0.5, 0.6) is 5.75 Å². The van der Waals surface area contributed by atoms with Crippen molar-refractivity contribution in [2.45, 2.75) is 33.1 Å². The fourth-order valence-electron chi connectivity index (χ4n) is 1.71. The van der Waals surface area contributed by atoms with Crippen LogP contribution in [0.1, 0.15) is 37.3 Å². The molecule has 0 fully saturated rings. The van der Waals surface area contributed by atoms with Crippen molar-refractivity contribution < 1.29 is 4.74 Å². The third kappa shape index (κ3) is 2.91. The molecule has 0 aliphatic carbocycles. The Balaban J connectivity index is 2.92. The Bertz CT molecular complexity index is 347. The predicted molar refractivity (Wildman–Crippen MR) is 70.3 cm³/mol. The zero-order valence-electron chi connectivity index (χ0n) is 10.8. The van der Waals surface area contributed by atoms with Gasteiger partial charge in [0.15, 0.2) is 0 Å². The lowest BCUT2D eigenvalue weighted by molar-refractivity contribution is 0.402.